The molecule has 1 aliphatic rings. The first-order valence-corrected chi connectivity index (χ1v) is 11.9. The highest BCUT2D eigenvalue weighted by Gasteiger charge is 2.26. The number of halogens is 1. The van der Waals surface area contributed by atoms with Crippen LogP contribution in [-0.2, 0) is 6.54 Å². The van der Waals surface area contributed by atoms with E-state index in [0.29, 0.717) is 23.2 Å². The lowest BCUT2D eigenvalue weighted by Crippen LogP contribution is -2.47. The van der Waals surface area contributed by atoms with Crippen molar-refractivity contribution >= 4 is 11.6 Å². The van der Waals surface area contributed by atoms with E-state index in [9.17, 15) is 14.0 Å². The second kappa shape index (κ2) is 10.5. The van der Waals surface area contributed by atoms with Crippen LogP contribution in [0.2, 0.25) is 0 Å². The third-order valence-corrected chi connectivity index (χ3v) is 6.63. The number of H-pyrrole nitrogens is 1. The highest BCUT2D eigenvalue weighted by Crippen LogP contribution is 2.30. The van der Waals surface area contributed by atoms with Crippen molar-refractivity contribution in [3.8, 4) is 0 Å². The number of pyridine rings is 1. The number of nitrogens with zero attached hydrogens (tertiary/aromatic N) is 1. The maximum Gasteiger partial charge on any atom is 0.253 e. The molecule has 1 fully saturated rings. The highest BCUT2D eigenvalue weighted by molar-refractivity contribution is 5.97. The van der Waals surface area contributed by atoms with Gasteiger partial charge in [0.1, 0.15) is 5.82 Å². The van der Waals surface area contributed by atoms with Crippen LogP contribution in [-0.4, -0.2) is 36.1 Å². The van der Waals surface area contributed by atoms with Crippen LogP contribution in [0.5, 0.6) is 0 Å². The van der Waals surface area contributed by atoms with Crippen molar-refractivity contribution in [2.75, 3.05) is 18.0 Å². The third kappa shape index (κ3) is 5.64. The van der Waals surface area contributed by atoms with Crippen LogP contribution >= 0.6 is 0 Å². The zero-order valence-electron chi connectivity index (χ0n) is 20.6. The molecule has 3 rings (SSSR count). The van der Waals surface area contributed by atoms with Gasteiger partial charge in [-0.25, -0.2) is 4.39 Å². The molecule has 1 amide bonds. The maximum atomic E-state index is 14.7. The molecule has 2 atom stereocenters. The Bertz CT molecular complexity index is 1060. The van der Waals surface area contributed by atoms with Crippen LogP contribution in [0.25, 0.3) is 0 Å². The number of benzene rings is 1. The second-order valence-corrected chi connectivity index (χ2v) is 9.47. The van der Waals surface area contributed by atoms with Crippen molar-refractivity contribution < 1.29 is 9.18 Å². The molecular weight excluding hydrogens is 419 g/mol. The summed E-state index contributed by atoms with van der Waals surface area (Å²) >= 11 is 0. The Morgan fingerprint density at radius 3 is 2.64 bits per heavy atom. The molecule has 0 radical (unpaired) electrons. The highest BCUT2D eigenvalue weighted by atomic mass is 19.1. The number of anilines is 1. The number of nitrogens with one attached hydrogen (secondary N) is 3. The Morgan fingerprint density at radius 1 is 1.27 bits per heavy atom. The summed E-state index contributed by atoms with van der Waals surface area (Å²) in [7, 11) is 0. The lowest BCUT2D eigenvalue weighted by atomic mass is 9.96. The molecule has 1 saturated heterocycles. The van der Waals surface area contributed by atoms with Gasteiger partial charge in [-0.05, 0) is 82.3 Å². The van der Waals surface area contributed by atoms with Crippen molar-refractivity contribution in [2.24, 2.45) is 0 Å². The van der Waals surface area contributed by atoms with Gasteiger partial charge >= 0.3 is 0 Å². The molecule has 1 aromatic heterocycles. The zero-order valence-corrected chi connectivity index (χ0v) is 20.6. The molecule has 1 aromatic carbocycles. The lowest BCUT2D eigenvalue weighted by molar-refractivity contribution is 0.0949. The number of aryl methyl sites for hydroxylation is 1. The summed E-state index contributed by atoms with van der Waals surface area (Å²) in [5.74, 6) is -0.666. The van der Waals surface area contributed by atoms with Gasteiger partial charge in [0.05, 0.1) is 0 Å². The molecule has 0 bridgehead atoms. The van der Waals surface area contributed by atoms with Crippen LogP contribution in [0.3, 0.4) is 0 Å². The van der Waals surface area contributed by atoms with Gasteiger partial charge in [-0.15, -0.1) is 0 Å². The van der Waals surface area contributed by atoms with Crippen LogP contribution in [0.15, 0.2) is 23.0 Å². The Kier molecular flexibility index (Phi) is 7.95. The fourth-order valence-electron chi connectivity index (χ4n) is 4.92. The summed E-state index contributed by atoms with van der Waals surface area (Å²) < 4.78 is 14.7. The first-order valence-electron chi connectivity index (χ1n) is 11.9. The number of aromatic nitrogens is 1. The van der Waals surface area contributed by atoms with Gasteiger partial charge in [0.15, 0.2) is 0 Å². The first kappa shape index (κ1) is 25.0. The lowest BCUT2D eigenvalue weighted by Gasteiger charge is -2.39. The number of amides is 1. The summed E-state index contributed by atoms with van der Waals surface area (Å²) in [6.45, 7) is 13.7. The normalized spacial score (nSPS) is 18.4. The smallest absolute Gasteiger partial charge is 0.253 e. The van der Waals surface area contributed by atoms with Gasteiger partial charge in [0.2, 0.25) is 0 Å². The van der Waals surface area contributed by atoms with Crippen molar-refractivity contribution in [3.63, 3.8) is 0 Å². The monoisotopic (exact) mass is 456 g/mol. The van der Waals surface area contributed by atoms with Crippen molar-refractivity contribution in [3.05, 3.63) is 62.3 Å². The Balaban J connectivity index is 1.88. The van der Waals surface area contributed by atoms with Gasteiger partial charge in [-0.2, -0.15) is 0 Å². The zero-order chi connectivity index (χ0) is 24.3. The number of rotatable bonds is 7. The molecule has 7 heteroatoms. The average Bonchev–Trinajstić information content (AvgIpc) is 2.75. The molecule has 180 valence electrons. The average molecular weight is 457 g/mol. The van der Waals surface area contributed by atoms with E-state index in [0.717, 1.165) is 48.4 Å². The van der Waals surface area contributed by atoms with E-state index in [1.165, 1.54) is 12.1 Å². The van der Waals surface area contributed by atoms with Crippen molar-refractivity contribution in [1.29, 1.82) is 0 Å². The van der Waals surface area contributed by atoms with Crippen molar-refractivity contribution in [2.45, 2.75) is 78.9 Å². The van der Waals surface area contributed by atoms with Gasteiger partial charge < -0.3 is 20.5 Å². The minimum Gasteiger partial charge on any atom is -0.368 e. The van der Waals surface area contributed by atoms with Gasteiger partial charge in [0, 0.05) is 47.7 Å². The summed E-state index contributed by atoms with van der Waals surface area (Å²) in [5.41, 5.74) is 3.85. The number of hydrogen-bond donors (Lipinski definition) is 3. The summed E-state index contributed by atoms with van der Waals surface area (Å²) in [5, 5.41) is 6.31. The van der Waals surface area contributed by atoms with E-state index < -0.39 is 5.82 Å². The van der Waals surface area contributed by atoms with Crippen LogP contribution in [0.1, 0.15) is 79.2 Å². The molecule has 0 saturated carbocycles. The molecule has 0 spiro atoms. The van der Waals surface area contributed by atoms with E-state index in [4.69, 9.17) is 0 Å². The molecular formula is C26H37FN4O2. The molecule has 3 N–H and O–H groups in total. The fourth-order valence-corrected chi connectivity index (χ4v) is 4.92. The Morgan fingerprint density at radius 2 is 2.00 bits per heavy atom. The summed E-state index contributed by atoms with van der Waals surface area (Å²) in [6, 6.07) is 5.46. The predicted octanol–water partition coefficient (Wildman–Crippen LogP) is 4.15. The topological polar surface area (TPSA) is 77.2 Å². The second-order valence-electron chi connectivity index (χ2n) is 9.47. The standard InChI is InChI=1S/C26H37FN4O2/c1-7-31(20-8-9-28-16(4)10-20)24-13-19(27)12-22(18(24)6)25(32)29-14-23-21(15(2)3)11-17(5)30-26(23)33/h11-13,15-16,20,28H,7-10,14H2,1-6H3,(H,29,32)(H,30,33)/t16-,20?/m1/s1. The maximum absolute atomic E-state index is 14.7. The number of hydrogen-bond acceptors (Lipinski definition) is 4. The first-order chi connectivity index (χ1) is 15.6. The molecule has 1 unspecified atom stereocenters. The fraction of sp³-hybridized carbons (Fsp3) is 0.538. The largest absolute Gasteiger partial charge is 0.368 e. The van der Waals surface area contributed by atoms with Crippen LogP contribution in [0.4, 0.5) is 10.1 Å². The van der Waals surface area contributed by atoms with Gasteiger partial charge in [0.25, 0.3) is 11.5 Å². The number of piperidine rings is 1. The van der Waals surface area contributed by atoms with Crippen LogP contribution in [0, 0.1) is 19.7 Å². The Labute approximate surface area is 196 Å². The number of carbonyl (C=O) groups excluding carboxylic acids is 1. The van der Waals surface area contributed by atoms with Gasteiger partial charge in [-0.3, -0.25) is 9.59 Å². The van der Waals surface area contributed by atoms with E-state index >= 15 is 0 Å². The number of aromatic amines is 1. The molecule has 33 heavy (non-hydrogen) atoms. The number of carbonyl (C=O) groups is 1. The van der Waals surface area contributed by atoms with Crippen molar-refractivity contribution in [1.82, 2.24) is 15.6 Å². The van der Waals surface area contributed by atoms with E-state index in [-0.39, 0.29) is 23.9 Å². The van der Waals surface area contributed by atoms with E-state index in [1.54, 1.807) is 0 Å². The van der Waals surface area contributed by atoms with Crippen LogP contribution < -0.4 is 21.1 Å². The quantitative estimate of drug-likeness (QED) is 0.585. The molecule has 6 nitrogen and oxygen atoms in total. The SMILES string of the molecule is CCN(c1cc(F)cc(C(=O)NCc2c(C(C)C)cc(C)[nH]c2=O)c1C)C1CCN[C@H](C)C1. The predicted molar refractivity (Wildman–Crippen MR) is 132 cm³/mol. The molecule has 2 aromatic rings. The van der Waals surface area contributed by atoms with Gasteiger partial charge in [-0.1, -0.05) is 13.8 Å². The molecule has 1 aliphatic heterocycles. The van der Waals surface area contributed by atoms with E-state index in [2.05, 4.69) is 34.4 Å². The minimum atomic E-state index is -0.433. The molecule has 0 aliphatic carbocycles. The Hall–Kier alpha value is -2.67. The molecule has 2 heterocycles. The third-order valence-electron chi connectivity index (χ3n) is 6.63. The summed E-state index contributed by atoms with van der Waals surface area (Å²) in [6.07, 6.45) is 1.95. The van der Waals surface area contributed by atoms with E-state index in [1.807, 2.05) is 33.8 Å². The minimum absolute atomic E-state index is 0.0938. The summed E-state index contributed by atoms with van der Waals surface area (Å²) in [4.78, 5) is 30.7.